The van der Waals surface area contributed by atoms with Gasteiger partial charge in [0.2, 0.25) is 0 Å². The van der Waals surface area contributed by atoms with Gasteiger partial charge < -0.3 is 9.64 Å². The van der Waals surface area contributed by atoms with E-state index in [1.54, 1.807) is 43.5 Å². The molecule has 1 N–H and O–H groups in total. The van der Waals surface area contributed by atoms with E-state index < -0.39 is 10.0 Å². The van der Waals surface area contributed by atoms with Gasteiger partial charge in [-0.2, -0.15) is 0 Å². The van der Waals surface area contributed by atoms with Crippen LogP contribution in [-0.2, 0) is 14.8 Å². The largest absolute Gasteiger partial charge is 0.380 e. The van der Waals surface area contributed by atoms with E-state index in [0.29, 0.717) is 10.7 Å². The van der Waals surface area contributed by atoms with Crippen LogP contribution in [0.5, 0.6) is 0 Å². The maximum absolute atomic E-state index is 12.8. The Bertz CT molecular complexity index is 1100. The van der Waals surface area contributed by atoms with E-state index in [0.717, 1.165) is 36.3 Å². The first-order valence-corrected chi connectivity index (χ1v) is 11.6. The van der Waals surface area contributed by atoms with Crippen LogP contribution in [0.3, 0.4) is 0 Å². The molecule has 30 heavy (non-hydrogen) atoms. The second-order valence-corrected chi connectivity index (χ2v) is 9.39. The van der Waals surface area contributed by atoms with Crippen molar-refractivity contribution in [2.45, 2.75) is 17.4 Å². The molecule has 5 nitrogen and oxygen atoms in total. The number of hydrogen-bond donors (Lipinski definition) is 1. The summed E-state index contributed by atoms with van der Waals surface area (Å²) >= 11 is 5.93. The molecule has 4 rings (SSSR count). The van der Waals surface area contributed by atoms with Crippen molar-refractivity contribution in [2.24, 2.45) is 0 Å². The van der Waals surface area contributed by atoms with Crippen LogP contribution in [0, 0.1) is 0 Å². The zero-order valence-electron chi connectivity index (χ0n) is 16.6. The van der Waals surface area contributed by atoms with Crippen molar-refractivity contribution in [1.29, 1.82) is 0 Å². The third-order valence-corrected chi connectivity index (χ3v) is 6.95. The van der Waals surface area contributed by atoms with E-state index in [2.05, 4.69) is 9.62 Å². The molecule has 0 amide bonds. The molecule has 3 aromatic rings. The second kappa shape index (κ2) is 8.68. The van der Waals surface area contributed by atoms with Crippen LogP contribution in [0.15, 0.2) is 77.7 Å². The van der Waals surface area contributed by atoms with Crippen LogP contribution in [-0.4, -0.2) is 34.7 Å². The van der Waals surface area contributed by atoms with E-state index >= 15 is 0 Å². The smallest absolute Gasteiger partial charge is 0.261 e. The van der Waals surface area contributed by atoms with Gasteiger partial charge in [0.05, 0.1) is 11.0 Å². The van der Waals surface area contributed by atoms with Gasteiger partial charge in [-0.05, 0) is 66.1 Å². The zero-order valence-corrected chi connectivity index (χ0v) is 18.2. The lowest BCUT2D eigenvalue weighted by atomic mass is 10.1. The Morgan fingerprint density at radius 3 is 2.10 bits per heavy atom. The first kappa shape index (κ1) is 20.7. The van der Waals surface area contributed by atoms with Gasteiger partial charge in [0.15, 0.2) is 0 Å². The van der Waals surface area contributed by atoms with Crippen molar-refractivity contribution in [3.63, 3.8) is 0 Å². The van der Waals surface area contributed by atoms with Gasteiger partial charge in [0.1, 0.15) is 0 Å². The summed E-state index contributed by atoms with van der Waals surface area (Å²) in [7, 11) is -1.94. The van der Waals surface area contributed by atoms with Gasteiger partial charge in [-0.15, -0.1) is 0 Å². The number of methoxy groups -OCH3 is 1. The first-order chi connectivity index (χ1) is 14.4. The number of halogens is 1. The number of benzene rings is 3. The maximum atomic E-state index is 12.8. The average molecular weight is 443 g/mol. The van der Waals surface area contributed by atoms with Crippen LogP contribution in [0.4, 0.5) is 11.4 Å². The molecule has 0 bridgehead atoms. The second-order valence-electron chi connectivity index (χ2n) is 7.28. The summed E-state index contributed by atoms with van der Waals surface area (Å²) in [6.07, 6.45) is 1.25. The Kier molecular flexibility index (Phi) is 5.99. The van der Waals surface area contributed by atoms with E-state index in [1.807, 2.05) is 36.4 Å². The molecule has 1 aliphatic rings. The number of hydrogen-bond acceptors (Lipinski definition) is 4. The van der Waals surface area contributed by atoms with Gasteiger partial charge in [-0.25, -0.2) is 8.42 Å². The Hall–Kier alpha value is -2.54. The van der Waals surface area contributed by atoms with Crippen molar-refractivity contribution >= 4 is 33.0 Å². The molecule has 1 atom stereocenters. The maximum Gasteiger partial charge on any atom is 0.261 e. The number of rotatable bonds is 6. The highest BCUT2D eigenvalue weighted by Crippen LogP contribution is 2.26. The Morgan fingerprint density at radius 2 is 1.53 bits per heavy atom. The fraction of sp³-hybridized carbons (Fsp3) is 0.217. The monoisotopic (exact) mass is 442 g/mol. The molecule has 7 heteroatoms. The summed E-state index contributed by atoms with van der Waals surface area (Å²) in [6.45, 7) is 1.78. The Morgan fingerprint density at radius 1 is 0.933 bits per heavy atom. The molecule has 1 saturated heterocycles. The van der Waals surface area contributed by atoms with Gasteiger partial charge in [-0.3, -0.25) is 4.72 Å². The number of nitrogens with one attached hydrogen (secondary N) is 1. The molecule has 0 radical (unpaired) electrons. The minimum Gasteiger partial charge on any atom is -0.380 e. The quantitative estimate of drug-likeness (QED) is 0.581. The molecule has 3 aromatic carbocycles. The van der Waals surface area contributed by atoms with E-state index in [-0.39, 0.29) is 11.0 Å². The molecule has 1 unspecified atom stereocenters. The molecule has 0 aliphatic carbocycles. The predicted molar refractivity (Wildman–Crippen MR) is 122 cm³/mol. The van der Waals surface area contributed by atoms with Crippen molar-refractivity contribution in [3.05, 3.63) is 77.8 Å². The summed E-state index contributed by atoms with van der Waals surface area (Å²) < 4.78 is 33.6. The van der Waals surface area contributed by atoms with E-state index in [4.69, 9.17) is 16.3 Å². The average Bonchev–Trinajstić information content (AvgIpc) is 3.24. The molecule has 0 aromatic heterocycles. The summed E-state index contributed by atoms with van der Waals surface area (Å²) in [4.78, 5) is 2.45. The summed E-state index contributed by atoms with van der Waals surface area (Å²) in [6, 6.07) is 21.7. The highest BCUT2D eigenvalue weighted by molar-refractivity contribution is 7.92. The minimum atomic E-state index is -3.67. The lowest BCUT2D eigenvalue weighted by molar-refractivity contribution is 0.121. The summed E-state index contributed by atoms with van der Waals surface area (Å²) in [5.41, 5.74) is 3.49. The number of ether oxygens (including phenoxy) is 1. The van der Waals surface area contributed by atoms with Gasteiger partial charge in [-0.1, -0.05) is 35.9 Å². The normalized spacial score (nSPS) is 16.6. The van der Waals surface area contributed by atoms with Gasteiger partial charge in [0, 0.05) is 36.6 Å². The van der Waals surface area contributed by atoms with Crippen LogP contribution in [0.1, 0.15) is 6.42 Å². The highest BCUT2D eigenvalue weighted by Gasteiger charge is 2.22. The van der Waals surface area contributed by atoms with E-state index in [1.165, 1.54) is 0 Å². The van der Waals surface area contributed by atoms with Crippen LogP contribution in [0.2, 0.25) is 5.02 Å². The van der Waals surface area contributed by atoms with E-state index in [9.17, 15) is 8.42 Å². The van der Waals surface area contributed by atoms with Crippen LogP contribution >= 0.6 is 11.6 Å². The number of sulfonamides is 1. The van der Waals surface area contributed by atoms with Crippen LogP contribution < -0.4 is 9.62 Å². The summed E-state index contributed by atoms with van der Waals surface area (Å²) in [5.74, 6) is 0. The lowest BCUT2D eigenvalue weighted by Crippen LogP contribution is -2.22. The fourth-order valence-corrected chi connectivity index (χ4v) is 4.76. The first-order valence-electron chi connectivity index (χ1n) is 9.71. The van der Waals surface area contributed by atoms with Crippen molar-refractivity contribution in [2.75, 3.05) is 29.8 Å². The topological polar surface area (TPSA) is 58.6 Å². The van der Waals surface area contributed by atoms with Gasteiger partial charge in [0.25, 0.3) is 10.0 Å². The third-order valence-electron chi connectivity index (χ3n) is 5.31. The molecular weight excluding hydrogens is 420 g/mol. The van der Waals surface area contributed by atoms with Gasteiger partial charge >= 0.3 is 0 Å². The molecular formula is C23H23ClN2O3S. The lowest BCUT2D eigenvalue weighted by Gasteiger charge is -2.19. The highest BCUT2D eigenvalue weighted by atomic mass is 35.5. The molecule has 0 saturated carbocycles. The van der Waals surface area contributed by atoms with Crippen molar-refractivity contribution < 1.29 is 13.2 Å². The Balaban J connectivity index is 1.45. The number of anilines is 2. The minimum absolute atomic E-state index is 0.215. The van der Waals surface area contributed by atoms with Crippen LogP contribution in [0.25, 0.3) is 11.1 Å². The molecule has 1 aliphatic heterocycles. The molecule has 156 valence electrons. The predicted octanol–water partition coefficient (Wildman–Crippen LogP) is 5.03. The zero-order chi connectivity index (χ0) is 21.1. The summed E-state index contributed by atoms with van der Waals surface area (Å²) in [5, 5.41) is 0.663. The standard InChI is InChI=1S/C23H23ClN2O3S/c1-29-22-14-15-26(16-22)21-10-8-20(9-11-21)25-30(27,28)23-12-4-18(5-13-23)17-2-6-19(24)7-3-17/h2-13,22,25H,14-16H2,1H3. The fourth-order valence-electron chi connectivity index (χ4n) is 3.58. The SMILES string of the molecule is COC1CCN(c2ccc(NS(=O)(=O)c3ccc(-c4ccc(Cl)cc4)cc3)cc2)C1. The molecule has 1 heterocycles. The van der Waals surface area contributed by atoms with Crippen molar-refractivity contribution in [3.8, 4) is 11.1 Å². The molecule has 0 spiro atoms. The van der Waals surface area contributed by atoms with Crippen molar-refractivity contribution in [1.82, 2.24) is 0 Å². The molecule has 1 fully saturated rings. The third kappa shape index (κ3) is 4.61. The number of nitrogens with zero attached hydrogens (tertiary/aromatic N) is 1. The Labute approximate surface area is 182 Å².